The monoisotopic (exact) mass is 480 g/mol. The topological polar surface area (TPSA) is 56.3 Å². The van der Waals surface area contributed by atoms with Crippen LogP contribution in [-0.4, -0.2) is 85.5 Å². The Morgan fingerprint density at radius 1 is 0.971 bits per heavy atom. The van der Waals surface area contributed by atoms with Crippen molar-refractivity contribution in [2.24, 2.45) is 5.92 Å². The fraction of sp³-hybridized carbons (Fsp3) is 0.481. The number of carbonyl (C=O) groups excluding carboxylic acids is 2. The molecule has 0 radical (unpaired) electrons. The smallest absolute Gasteiger partial charge is 0.228 e. The number of ether oxygens (including phenoxy) is 1. The molecule has 35 heavy (non-hydrogen) atoms. The van der Waals surface area contributed by atoms with Crippen LogP contribution in [0.5, 0.6) is 5.75 Å². The van der Waals surface area contributed by atoms with Crippen molar-refractivity contribution in [3.63, 3.8) is 0 Å². The standard InChI is InChI=1S/C27H33FN4O3/c1-19(33)30-10-12-31(13-11-30)27(34)24-15-21-5-8-23(35-2)16-25(21)32-14-9-29(18-26(24)32)17-20-3-6-22(28)7-4-20/h3-8,16,24,26H,9-15,17-18H2,1-2H3. The molecule has 2 aromatic rings. The third-order valence-corrected chi connectivity index (χ3v) is 7.68. The highest BCUT2D eigenvalue weighted by molar-refractivity contribution is 5.83. The summed E-state index contributed by atoms with van der Waals surface area (Å²) in [5.41, 5.74) is 3.40. The second-order valence-corrected chi connectivity index (χ2v) is 9.76. The van der Waals surface area contributed by atoms with E-state index in [1.807, 2.05) is 28.0 Å². The minimum absolute atomic E-state index is 0.0436. The van der Waals surface area contributed by atoms with Gasteiger partial charge in [0.25, 0.3) is 0 Å². The molecule has 0 aliphatic carbocycles. The summed E-state index contributed by atoms with van der Waals surface area (Å²) >= 11 is 0. The highest BCUT2D eigenvalue weighted by Crippen LogP contribution is 2.39. The highest BCUT2D eigenvalue weighted by Gasteiger charge is 2.43. The Hall–Kier alpha value is -3.13. The molecule has 0 N–H and O–H groups in total. The number of halogens is 1. The molecule has 2 saturated heterocycles. The molecule has 5 rings (SSSR count). The van der Waals surface area contributed by atoms with Crippen molar-refractivity contribution < 1.29 is 18.7 Å². The Morgan fingerprint density at radius 2 is 1.69 bits per heavy atom. The van der Waals surface area contributed by atoms with E-state index in [1.165, 1.54) is 17.7 Å². The van der Waals surface area contributed by atoms with Crippen LogP contribution in [0.1, 0.15) is 18.1 Å². The summed E-state index contributed by atoms with van der Waals surface area (Å²) in [5.74, 6) is 0.671. The lowest BCUT2D eigenvalue weighted by Gasteiger charge is -2.50. The number of anilines is 1. The average molecular weight is 481 g/mol. The van der Waals surface area contributed by atoms with E-state index in [0.717, 1.165) is 43.2 Å². The molecule has 2 amide bonds. The molecule has 8 heteroatoms. The van der Waals surface area contributed by atoms with Gasteiger partial charge in [0.1, 0.15) is 11.6 Å². The maximum Gasteiger partial charge on any atom is 0.228 e. The van der Waals surface area contributed by atoms with Crippen LogP contribution in [0.4, 0.5) is 10.1 Å². The Balaban J connectivity index is 1.38. The summed E-state index contributed by atoms with van der Waals surface area (Å²) in [6.45, 7) is 7.09. The van der Waals surface area contributed by atoms with Crippen LogP contribution in [0.25, 0.3) is 0 Å². The van der Waals surface area contributed by atoms with E-state index < -0.39 is 0 Å². The molecule has 2 fully saturated rings. The molecule has 2 unspecified atom stereocenters. The third kappa shape index (κ3) is 4.85. The zero-order valence-electron chi connectivity index (χ0n) is 20.5. The van der Waals surface area contributed by atoms with E-state index in [0.29, 0.717) is 32.6 Å². The van der Waals surface area contributed by atoms with E-state index in [2.05, 4.69) is 21.9 Å². The van der Waals surface area contributed by atoms with Crippen molar-refractivity contribution in [3.05, 3.63) is 59.4 Å². The van der Waals surface area contributed by atoms with Crippen LogP contribution in [0, 0.1) is 11.7 Å². The van der Waals surface area contributed by atoms with Gasteiger partial charge in [-0.3, -0.25) is 14.5 Å². The van der Waals surface area contributed by atoms with Gasteiger partial charge in [-0.2, -0.15) is 0 Å². The quantitative estimate of drug-likeness (QED) is 0.673. The van der Waals surface area contributed by atoms with Gasteiger partial charge < -0.3 is 19.4 Å². The fourth-order valence-electron chi connectivity index (χ4n) is 5.72. The highest BCUT2D eigenvalue weighted by atomic mass is 19.1. The number of carbonyl (C=O) groups is 2. The third-order valence-electron chi connectivity index (χ3n) is 7.68. The largest absolute Gasteiger partial charge is 0.497 e. The fourth-order valence-corrected chi connectivity index (χ4v) is 5.72. The summed E-state index contributed by atoms with van der Waals surface area (Å²) in [7, 11) is 1.68. The summed E-state index contributed by atoms with van der Waals surface area (Å²) < 4.78 is 18.9. The van der Waals surface area contributed by atoms with Gasteiger partial charge in [-0.15, -0.1) is 0 Å². The van der Waals surface area contributed by atoms with Gasteiger partial charge in [0, 0.05) is 71.0 Å². The lowest BCUT2D eigenvalue weighted by Crippen LogP contribution is -2.62. The zero-order valence-corrected chi connectivity index (χ0v) is 20.5. The molecule has 7 nitrogen and oxygen atoms in total. The number of benzene rings is 2. The van der Waals surface area contributed by atoms with Crippen molar-refractivity contribution in [1.29, 1.82) is 0 Å². The van der Waals surface area contributed by atoms with Gasteiger partial charge in [-0.05, 0) is 35.7 Å². The van der Waals surface area contributed by atoms with E-state index in [4.69, 9.17) is 4.74 Å². The first-order chi connectivity index (χ1) is 16.9. The van der Waals surface area contributed by atoms with Crippen molar-refractivity contribution in [2.75, 3.05) is 57.8 Å². The van der Waals surface area contributed by atoms with Crippen LogP contribution in [0.3, 0.4) is 0 Å². The van der Waals surface area contributed by atoms with Gasteiger partial charge in [-0.1, -0.05) is 18.2 Å². The number of rotatable bonds is 4. The average Bonchev–Trinajstić information content (AvgIpc) is 2.88. The first-order valence-corrected chi connectivity index (χ1v) is 12.4. The van der Waals surface area contributed by atoms with Crippen LogP contribution in [-0.2, 0) is 22.6 Å². The molecule has 0 bridgehead atoms. The summed E-state index contributed by atoms with van der Waals surface area (Å²) in [5, 5.41) is 0. The Kier molecular flexibility index (Phi) is 6.65. The zero-order chi connectivity index (χ0) is 24.5. The molecule has 2 aromatic carbocycles. The van der Waals surface area contributed by atoms with Crippen LogP contribution in [0.2, 0.25) is 0 Å². The Labute approximate surface area is 206 Å². The predicted octanol–water partition coefficient (Wildman–Crippen LogP) is 2.39. The van der Waals surface area contributed by atoms with Gasteiger partial charge >= 0.3 is 0 Å². The van der Waals surface area contributed by atoms with Gasteiger partial charge in [0.2, 0.25) is 11.8 Å². The minimum atomic E-state index is -0.230. The molecule has 0 aromatic heterocycles. The maximum absolute atomic E-state index is 13.8. The number of piperazine rings is 2. The second-order valence-electron chi connectivity index (χ2n) is 9.76. The molecule has 2 atom stereocenters. The van der Waals surface area contributed by atoms with Crippen LogP contribution < -0.4 is 9.64 Å². The van der Waals surface area contributed by atoms with E-state index >= 15 is 0 Å². The Morgan fingerprint density at radius 3 is 2.37 bits per heavy atom. The van der Waals surface area contributed by atoms with Gasteiger partial charge in [0.15, 0.2) is 0 Å². The molecular weight excluding hydrogens is 447 g/mol. The molecular formula is C27H33FN4O3. The number of hydrogen-bond acceptors (Lipinski definition) is 5. The van der Waals surface area contributed by atoms with Crippen molar-refractivity contribution in [3.8, 4) is 5.75 Å². The maximum atomic E-state index is 13.8. The van der Waals surface area contributed by atoms with Crippen molar-refractivity contribution in [1.82, 2.24) is 14.7 Å². The summed E-state index contributed by atoms with van der Waals surface area (Å²) in [4.78, 5) is 34.1. The van der Waals surface area contributed by atoms with Gasteiger partial charge in [-0.25, -0.2) is 4.39 Å². The normalized spacial score (nSPS) is 22.4. The van der Waals surface area contributed by atoms with Crippen molar-refractivity contribution in [2.45, 2.75) is 25.9 Å². The summed E-state index contributed by atoms with van der Waals surface area (Å²) in [6, 6.07) is 12.9. The lowest BCUT2D eigenvalue weighted by atomic mass is 9.82. The number of nitrogens with zero attached hydrogens (tertiary/aromatic N) is 4. The van der Waals surface area contributed by atoms with Crippen LogP contribution in [0.15, 0.2) is 42.5 Å². The molecule has 3 aliphatic rings. The predicted molar refractivity (Wildman–Crippen MR) is 132 cm³/mol. The number of fused-ring (bicyclic) bond motifs is 3. The Bertz CT molecular complexity index is 1080. The number of amides is 2. The lowest BCUT2D eigenvalue weighted by molar-refractivity contribution is -0.142. The molecule has 3 heterocycles. The van der Waals surface area contributed by atoms with E-state index in [9.17, 15) is 14.0 Å². The molecule has 186 valence electrons. The number of hydrogen-bond donors (Lipinski definition) is 0. The second kappa shape index (κ2) is 9.85. The van der Waals surface area contributed by atoms with Crippen LogP contribution >= 0.6 is 0 Å². The summed E-state index contributed by atoms with van der Waals surface area (Å²) in [6.07, 6.45) is 0.691. The SMILES string of the molecule is COc1ccc2c(c1)N1CCN(Cc3ccc(F)cc3)CC1C(C(=O)N1CCN(C(C)=O)CC1)C2. The molecule has 0 saturated carbocycles. The first kappa shape index (κ1) is 23.6. The minimum Gasteiger partial charge on any atom is -0.497 e. The number of methoxy groups -OCH3 is 1. The van der Waals surface area contributed by atoms with Crippen molar-refractivity contribution >= 4 is 17.5 Å². The molecule has 0 spiro atoms. The van der Waals surface area contributed by atoms with E-state index in [1.54, 1.807) is 14.0 Å². The van der Waals surface area contributed by atoms with E-state index in [-0.39, 0.29) is 29.6 Å². The van der Waals surface area contributed by atoms with Gasteiger partial charge in [0.05, 0.1) is 19.1 Å². The molecule has 3 aliphatic heterocycles. The first-order valence-electron chi connectivity index (χ1n) is 12.4.